The first-order valence-corrected chi connectivity index (χ1v) is 8.69. The Morgan fingerprint density at radius 1 is 1.30 bits per heavy atom. The van der Waals surface area contributed by atoms with Gasteiger partial charge in [-0.05, 0) is 40.5 Å². The first-order chi connectivity index (χ1) is 9.36. The van der Waals surface area contributed by atoms with Gasteiger partial charge in [-0.25, -0.2) is 18.4 Å². The van der Waals surface area contributed by atoms with E-state index >= 15 is 0 Å². The molecule has 0 aliphatic carbocycles. The molecule has 0 atom stereocenters. The van der Waals surface area contributed by atoms with Crippen LogP contribution in [0.1, 0.15) is 43.0 Å². The van der Waals surface area contributed by atoms with Crippen molar-refractivity contribution in [1.82, 2.24) is 0 Å². The highest BCUT2D eigenvalue weighted by atomic mass is 79.9. The predicted molar refractivity (Wildman–Crippen MR) is 79.9 cm³/mol. The Bertz CT molecular complexity index is 572. The van der Waals surface area contributed by atoms with Crippen molar-refractivity contribution in [2.24, 2.45) is 5.14 Å². The molecule has 0 saturated heterocycles. The highest BCUT2D eigenvalue weighted by molar-refractivity contribution is 9.10. The average molecular weight is 364 g/mol. The summed E-state index contributed by atoms with van der Waals surface area (Å²) in [6, 6.07) is 4.01. The molecule has 2 N–H and O–H groups in total. The molecule has 0 spiro atoms. The lowest BCUT2D eigenvalue weighted by Crippen LogP contribution is -2.14. The van der Waals surface area contributed by atoms with Gasteiger partial charge in [0.15, 0.2) is 0 Å². The van der Waals surface area contributed by atoms with Gasteiger partial charge in [-0.3, -0.25) is 0 Å². The molecule has 1 aromatic rings. The number of primary sulfonamides is 1. The van der Waals surface area contributed by atoms with Gasteiger partial charge in [0.1, 0.15) is 0 Å². The second-order valence-corrected chi connectivity index (χ2v) is 6.80. The zero-order valence-corrected chi connectivity index (χ0v) is 13.7. The minimum atomic E-state index is -3.84. The number of nitrogens with two attached hydrogens (primary N) is 1. The van der Waals surface area contributed by atoms with Crippen LogP contribution in [0.15, 0.2) is 27.6 Å². The number of hydrogen-bond donors (Lipinski definition) is 1. The van der Waals surface area contributed by atoms with Crippen LogP contribution in [0.25, 0.3) is 0 Å². The smallest absolute Gasteiger partial charge is 0.339 e. The number of ether oxygens (including phenoxy) is 1. The van der Waals surface area contributed by atoms with E-state index in [1.165, 1.54) is 18.2 Å². The Morgan fingerprint density at radius 2 is 2.00 bits per heavy atom. The summed E-state index contributed by atoms with van der Waals surface area (Å²) in [6.07, 6.45) is 4.01. The summed E-state index contributed by atoms with van der Waals surface area (Å²) in [5.41, 5.74) is 0.159. The van der Waals surface area contributed by atoms with E-state index in [0.29, 0.717) is 11.1 Å². The number of unbranched alkanes of at least 4 members (excludes halogenated alkanes) is 3. The van der Waals surface area contributed by atoms with Gasteiger partial charge in [-0.15, -0.1) is 0 Å². The van der Waals surface area contributed by atoms with E-state index in [1.807, 2.05) is 0 Å². The number of carbonyl (C=O) groups is 1. The molecule has 5 nitrogen and oxygen atoms in total. The van der Waals surface area contributed by atoms with Gasteiger partial charge in [0, 0.05) is 4.47 Å². The lowest BCUT2D eigenvalue weighted by molar-refractivity contribution is 0.0496. The van der Waals surface area contributed by atoms with Crippen molar-refractivity contribution in [3.05, 3.63) is 28.2 Å². The predicted octanol–water partition coefficient (Wildman–Crippen LogP) is 2.83. The van der Waals surface area contributed by atoms with Crippen molar-refractivity contribution in [3.8, 4) is 0 Å². The zero-order chi connectivity index (χ0) is 15.2. The van der Waals surface area contributed by atoms with Gasteiger partial charge in [0.2, 0.25) is 10.0 Å². The summed E-state index contributed by atoms with van der Waals surface area (Å²) in [5.74, 6) is -0.557. The van der Waals surface area contributed by atoms with Crippen LogP contribution in [0, 0.1) is 0 Å². The number of hydrogen-bond acceptors (Lipinski definition) is 4. The molecule has 0 aliphatic rings. The van der Waals surface area contributed by atoms with E-state index in [-0.39, 0.29) is 10.5 Å². The van der Waals surface area contributed by atoms with Crippen LogP contribution in [-0.2, 0) is 14.8 Å². The molecule has 0 radical (unpaired) electrons. The average Bonchev–Trinajstić information content (AvgIpc) is 2.37. The molecule has 7 heteroatoms. The van der Waals surface area contributed by atoms with E-state index in [1.54, 1.807) is 0 Å². The Kier molecular flexibility index (Phi) is 6.64. The minimum absolute atomic E-state index is 0.112. The van der Waals surface area contributed by atoms with Gasteiger partial charge in [0.05, 0.1) is 17.1 Å². The van der Waals surface area contributed by atoms with Crippen LogP contribution < -0.4 is 5.14 Å². The molecule has 0 aliphatic heterocycles. The second kappa shape index (κ2) is 7.75. The standard InChI is InChI=1S/C13H18BrNO4S/c1-2-3-4-5-8-19-13(16)11-9-10(20(15,17)18)6-7-12(11)14/h6-7,9H,2-5,8H2,1H3,(H2,15,17,18). The maximum Gasteiger partial charge on any atom is 0.339 e. The summed E-state index contributed by atoms with van der Waals surface area (Å²) in [6.45, 7) is 2.42. The highest BCUT2D eigenvalue weighted by Gasteiger charge is 2.16. The first-order valence-electron chi connectivity index (χ1n) is 6.35. The van der Waals surface area contributed by atoms with Crippen molar-refractivity contribution in [2.45, 2.75) is 37.5 Å². The van der Waals surface area contributed by atoms with Gasteiger partial charge in [0.25, 0.3) is 0 Å². The van der Waals surface area contributed by atoms with E-state index in [2.05, 4.69) is 22.9 Å². The minimum Gasteiger partial charge on any atom is -0.462 e. The van der Waals surface area contributed by atoms with Gasteiger partial charge in [-0.2, -0.15) is 0 Å². The summed E-state index contributed by atoms with van der Waals surface area (Å²) in [5, 5.41) is 5.04. The molecule has 112 valence electrons. The van der Waals surface area contributed by atoms with Crippen LogP contribution in [0.3, 0.4) is 0 Å². The van der Waals surface area contributed by atoms with Crippen molar-refractivity contribution in [1.29, 1.82) is 0 Å². The molecule has 0 unspecified atom stereocenters. The van der Waals surface area contributed by atoms with Crippen LogP contribution in [0.5, 0.6) is 0 Å². The van der Waals surface area contributed by atoms with Crippen molar-refractivity contribution in [2.75, 3.05) is 6.61 Å². The maximum atomic E-state index is 11.9. The van der Waals surface area contributed by atoms with Crippen molar-refractivity contribution < 1.29 is 17.9 Å². The molecule has 0 fully saturated rings. The van der Waals surface area contributed by atoms with Gasteiger partial charge < -0.3 is 4.74 Å². The first kappa shape index (κ1) is 17.1. The van der Waals surface area contributed by atoms with Gasteiger partial charge in [-0.1, -0.05) is 26.2 Å². The van der Waals surface area contributed by atoms with E-state index in [0.717, 1.165) is 25.7 Å². The number of benzene rings is 1. The number of esters is 1. The second-order valence-electron chi connectivity index (χ2n) is 4.38. The zero-order valence-electron chi connectivity index (χ0n) is 11.3. The van der Waals surface area contributed by atoms with Crippen molar-refractivity contribution in [3.63, 3.8) is 0 Å². The fourth-order valence-electron chi connectivity index (χ4n) is 1.61. The molecule has 1 rings (SSSR count). The van der Waals surface area contributed by atoms with Crippen LogP contribution in [-0.4, -0.2) is 21.0 Å². The quantitative estimate of drug-likeness (QED) is 0.595. The Labute approximate surface area is 127 Å². The van der Waals surface area contributed by atoms with Crippen LogP contribution >= 0.6 is 15.9 Å². The Balaban J connectivity index is 2.72. The molecule has 1 aromatic carbocycles. The SMILES string of the molecule is CCCCCCOC(=O)c1cc(S(N)(=O)=O)ccc1Br. The lowest BCUT2D eigenvalue weighted by Gasteiger charge is -2.07. The summed E-state index contributed by atoms with van der Waals surface area (Å²) in [4.78, 5) is 11.8. The maximum absolute atomic E-state index is 11.9. The molecule has 0 bridgehead atoms. The molecule has 0 heterocycles. The number of carbonyl (C=O) groups excluding carboxylic acids is 1. The van der Waals surface area contributed by atoms with Crippen molar-refractivity contribution >= 4 is 31.9 Å². The lowest BCUT2D eigenvalue weighted by atomic mass is 10.2. The number of rotatable bonds is 7. The molecule has 0 amide bonds. The van der Waals surface area contributed by atoms with Crippen LogP contribution in [0.4, 0.5) is 0 Å². The fourth-order valence-corrected chi connectivity index (χ4v) is 2.56. The summed E-state index contributed by atoms with van der Waals surface area (Å²) in [7, 11) is -3.84. The third-order valence-corrected chi connectivity index (χ3v) is 4.32. The monoisotopic (exact) mass is 363 g/mol. The van der Waals surface area contributed by atoms with Crippen LogP contribution in [0.2, 0.25) is 0 Å². The molecular formula is C13H18BrNO4S. The summed E-state index contributed by atoms with van der Waals surface area (Å²) < 4.78 is 28.1. The fraction of sp³-hybridized carbons (Fsp3) is 0.462. The number of sulfonamides is 1. The largest absolute Gasteiger partial charge is 0.462 e. The molecule has 0 saturated carbocycles. The Morgan fingerprint density at radius 3 is 2.60 bits per heavy atom. The summed E-state index contributed by atoms with van der Waals surface area (Å²) >= 11 is 3.20. The molecular weight excluding hydrogens is 346 g/mol. The molecule has 20 heavy (non-hydrogen) atoms. The third-order valence-electron chi connectivity index (χ3n) is 2.72. The highest BCUT2D eigenvalue weighted by Crippen LogP contribution is 2.21. The number of halogens is 1. The van der Waals surface area contributed by atoms with E-state index < -0.39 is 16.0 Å². The topological polar surface area (TPSA) is 86.5 Å². The molecule has 0 aromatic heterocycles. The van der Waals surface area contributed by atoms with E-state index in [9.17, 15) is 13.2 Å². The Hall–Kier alpha value is -0.920. The van der Waals surface area contributed by atoms with Gasteiger partial charge >= 0.3 is 5.97 Å². The van der Waals surface area contributed by atoms with E-state index in [4.69, 9.17) is 9.88 Å². The third kappa shape index (κ3) is 5.22. The normalized spacial score (nSPS) is 11.3.